The Morgan fingerprint density at radius 2 is 1.38 bits per heavy atom. The molecule has 0 fully saturated rings. The lowest BCUT2D eigenvalue weighted by Gasteiger charge is -2.21. The van der Waals surface area contributed by atoms with Gasteiger partial charge in [-0.1, -0.05) is 40.2 Å². The molecular formula is C23H21BrN2O3. The van der Waals surface area contributed by atoms with E-state index in [-0.39, 0.29) is 0 Å². The van der Waals surface area contributed by atoms with Crippen LogP contribution in [0.2, 0.25) is 0 Å². The maximum absolute atomic E-state index is 6.06. The van der Waals surface area contributed by atoms with Gasteiger partial charge in [0.25, 0.3) is 6.01 Å². The average Bonchev–Trinajstić information content (AvgIpc) is 3.17. The summed E-state index contributed by atoms with van der Waals surface area (Å²) < 4.78 is 17.6. The van der Waals surface area contributed by atoms with E-state index in [0.717, 1.165) is 38.2 Å². The summed E-state index contributed by atoms with van der Waals surface area (Å²) in [5.41, 5.74) is 3.87. The molecule has 4 aromatic rings. The number of hydrogen-bond acceptors (Lipinski definition) is 5. The highest BCUT2D eigenvalue weighted by molar-refractivity contribution is 9.10. The molecule has 0 spiro atoms. The van der Waals surface area contributed by atoms with Crippen LogP contribution in [0, 0.1) is 0 Å². The van der Waals surface area contributed by atoms with Crippen molar-refractivity contribution in [3.8, 4) is 11.5 Å². The van der Waals surface area contributed by atoms with E-state index < -0.39 is 0 Å². The van der Waals surface area contributed by atoms with Gasteiger partial charge in [0.1, 0.15) is 17.0 Å². The van der Waals surface area contributed by atoms with Crippen molar-refractivity contribution in [1.82, 2.24) is 4.98 Å². The zero-order valence-electron chi connectivity index (χ0n) is 16.3. The number of hydrogen-bond donors (Lipinski definition) is 0. The van der Waals surface area contributed by atoms with Crippen molar-refractivity contribution in [2.45, 2.75) is 13.1 Å². The third kappa shape index (κ3) is 4.54. The number of anilines is 1. The Kier molecular flexibility index (Phi) is 5.71. The van der Waals surface area contributed by atoms with Gasteiger partial charge in [0.05, 0.1) is 14.2 Å². The Balaban J connectivity index is 1.65. The summed E-state index contributed by atoms with van der Waals surface area (Å²) in [7, 11) is 3.34. The standard InChI is InChI=1S/C23H21BrN2O3/c1-27-19-8-3-16(4-9-19)14-26(15-17-5-10-20(28-2)11-6-17)23-25-21-13-18(24)7-12-22(21)29-23/h3-13H,14-15H2,1-2H3. The second-order valence-electron chi connectivity index (χ2n) is 6.66. The second-order valence-corrected chi connectivity index (χ2v) is 7.58. The van der Waals surface area contributed by atoms with E-state index in [1.165, 1.54) is 0 Å². The smallest absolute Gasteiger partial charge is 0.298 e. The van der Waals surface area contributed by atoms with E-state index in [2.05, 4.69) is 45.1 Å². The Morgan fingerprint density at radius 3 is 1.90 bits per heavy atom. The van der Waals surface area contributed by atoms with Crippen LogP contribution in [0.15, 0.2) is 75.6 Å². The molecule has 0 radical (unpaired) electrons. The van der Waals surface area contributed by atoms with Crippen LogP contribution in [0.5, 0.6) is 11.5 Å². The Bertz CT molecular complexity index is 1040. The molecule has 0 amide bonds. The van der Waals surface area contributed by atoms with Crippen LogP contribution in [-0.2, 0) is 13.1 Å². The largest absolute Gasteiger partial charge is 0.497 e. The van der Waals surface area contributed by atoms with Gasteiger partial charge in [-0.25, -0.2) is 0 Å². The first kappa shape index (κ1) is 19.3. The molecule has 0 aliphatic heterocycles. The normalized spacial score (nSPS) is 10.9. The summed E-state index contributed by atoms with van der Waals surface area (Å²) >= 11 is 3.49. The van der Waals surface area contributed by atoms with Crippen LogP contribution in [0.1, 0.15) is 11.1 Å². The number of oxazole rings is 1. The molecule has 4 rings (SSSR count). The van der Waals surface area contributed by atoms with Gasteiger partial charge in [0, 0.05) is 17.6 Å². The number of halogens is 1. The lowest BCUT2D eigenvalue weighted by Crippen LogP contribution is -2.22. The number of benzene rings is 3. The van der Waals surface area contributed by atoms with Crippen LogP contribution >= 0.6 is 15.9 Å². The van der Waals surface area contributed by atoms with E-state index in [9.17, 15) is 0 Å². The molecule has 3 aromatic carbocycles. The van der Waals surface area contributed by atoms with Crippen LogP contribution in [0.4, 0.5) is 6.01 Å². The van der Waals surface area contributed by atoms with Crippen LogP contribution in [-0.4, -0.2) is 19.2 Å². The first-order valence-corrected chi connectivity index (χ1v) is 10.0. The number of fused-ring (bicyclic) bond motifs is 1. The van der Waals surface area contributed by atoms with Crippen molar-refractivity contribution >= 4 is 33.0 Å². The van der Waals surface area contributed by atoms with Crippen molar-refractivity contribution in [1.29, 1.82) is 0 Å². The zero-order chi connectivity index (χ0) is 20.2. The van der Waals surface area contributed by atoms with E-state index in [1.807, 2.05) is 42.5 Å². The summed E-state index contributed by atoms with van der Waals surface area (Å²) in [6, 6.07) is 22.5. The highest BCUT2D eigenvalue weighted by atomic mass is 79.9. The van der Waals surface area contributed by atoms with Gasteiger partial charge in [-0.15, -0.1) is 0 Å². The predicted molar refractivity (Wildman–Crippen MR) is 118 cm³/mol. The number of methoxy groups -OCH3 is 2. The molecule has 0 atom stereocenters. The third-order valence-corrected chi connectivity index (χ3v) is 5.17. The van der Waals surface area contributed by atoms with Crippen molar-refractivity contribution in [2.75, 3.05) is 19.1 Å². The fourth-order valence-electron chi connectivity index (χ4n) is 3.12. The molecule has 0 unspecified atom stereocenters. The Hall–Kier alpha value is -2.99. The molecule has 6 heteroatoms. The predicted octanol–water partition coefficient (Wildman–Crippen LogP) is 5.81. The van der Waals surface area contributed by atoms with Crippen molar-refractivity contribution in [3.05, 3.63) is 82.3 Å². The maximum Gasteiger partial charge on any atom is 0.298 e. The first-order valence-electron chi connectivity index (χ1n) is 9.21. The first-order chi connectivity index (χ1) is 14.1. The zero-order valence-corrected chi connectivity index (χ0v) is 17.8. The number of aromatic nitrogens is 1. The molecular weight excluding hydrogens is 432 g/mol. The van der Waals surface area contributed by atoms with Gasteiger partial charge >= 0.3 is 0 Å². The highest BCUT2D eigenvalue weighted by Crippen LogP contribution is 2.27. The molecule has 148 valence electrons. The quantitative estimate of drug-likeness (QED) is 0.353. The minimum Gasteiger partial charge on any atom is -0.497 e. The van der Waals surface area contributed by atoms with Crippen molar-refractivity contribution < 1.29 is 13.9 Å². The van der Waals surface area contributed by atoms with Crippen molar-refractivity contribution in [2.24, 2.45) is 0 Å². The molecule has 0 aliphatic carbocycles. The van der Waals surface area contributed by atoms with Gasteiger partial charge in [-0.3, -0.25) is 0 Å². The molecule has 1 heterocycles. The molecule has 0 N–H and O–H groups in total. The van der Waals surface area contributed by atoms with E-state index in [4.69, 9.17) is 18.9 Å². The SMILES string of the molecule is COc1ccc(CN(Cc2ccc(OC)cc2)c2nc3cc(Br)ccc3o2)cc1. The van der Waals surface area contributed by atoms with Gasteiger partial charge in [-0.2, -0.15) is 4.98 Å². The van der Waals surface area contributed by atoms with E-state index in [0.29, 0.717) is 19.1 Å². The highest BCUT2D eigenvalue weighted by Gasteiger charge is 2.16. The van der Waals surface area contributed by atoms with Crippen LogP contribution < -0.4 is 14.4 Å². The maximum atomic E-state index is 6.06. The summed E-state index contributed by atoms with van der Waals surface area (Å²) in [5.74, 6) is 1.67. The summed E-state index contributed by atoms with van der Waals surface area (Å²) in [6.07, 6.45) is 0. The van der Waals surface area contributed by atoms with E-state index in [1.54, 1.807) is 14.2 Å². The molecule has 5 nitrogen and oxygen atoms in total. The molecule has 0 bridgehead atoms. The van der Waals surface area contributed by atoms with E-state index >= 15 is 0 Å². The molecule has 1 aromatic heterocycles. The molecule has 29 heavy (non-hydrogen) atoms. The van der Waals surface area contributed by atoms with Gasteiger partial charge in [0.2, 0.25) is 0 Å². The summed E-state index contributed by atoms with van der Waals surface area (Å²) in [4.78, 5) is 6.84. The minimum absolute atomic E-state index is 0.588. The Morgan fingerprint density at radius 1 is 0.828 bits per heavy atom. The third-order valence-electron chi connectivity index (χ3n) is 4.67. The fraction of sp³-hybridized carbons (Fsp3) is 0.174. The van der Waals surface area contributed by atoms with Crippen LogP contribution in [0.3, 0.4) is 0 Å². The summed E-state index contributed by atoms with van der Waals surface area (Å²) in [6.45, 7) is 1.31. The Labute approximate surface area is 178 Å². The lowest BCUT2D eigenvalue weighted by molar-refractivity contribution is 0.414. The number of ether oxygens (including phenoxy) is 2. The molecule has 0 aliphatic rings. The average molecular weight is 453 g/mol. The monoisotopic (exact) mass is 452 g/mol. The van der Waals surface area contributed by atoms with Gasteiger partial charge in [-0.05, 0) is 53.6 Å². The molecule has 0 saturated carbocycles. The van der Waals surface area contributed by atoms with Gasteiger partial charge < -0.3 is 18.8 Å². The lowest BCUT2D eigenvalue weighted by atomic mass is 10.1. The topological polar surface area (TPSA) is 47.7 Å². The summed E-state index contributed by atoms with van der Waals surface area (Å²) in [5, 5.41) is 0. The fourth-order valence-corrected chi connectivity index (χ4v) is 3.47. The van der Waals surface area contributed by atoms with Crippen molar-refractivity contribution in [3.63, 3.8) is 0 Å². The number of rotatable bonds is 7. The van der Waals surface area contributed by atoms with Crippen LogP contribution in [0.25, 0.3) is 11.1 Å². The number of nitrogens with zero attached hydrogens (tertiary/aromatic N) is 2. The van der Waals surface area contributed by atoms with Gasteiger partial charge in [0.15, 0.2) is 5.58 Å². The molecule has 0 saturated heterocycles. The minimum atomic E-state index is 0.588. The second kappa shape index (κ2) is 8.57.